The lowest BCUT2D eigenvalue weighted by Crippen LogP contribution is -2.25. The standard InChI is InChI=1S/C13H17NO2/c1-9(8-15)11-4-3-5-13-12(11)6-7-14(13)10(2)16/h3-5,9,15H,6-8H2,1-2H3. The van der Waals surface area contributed by atoms with Crippen molar-refractivity contribution in [2.45, 2.75) is 26.2 Å². The van der Waals surface area contributed by atoms with Gasteiger partial charge >= 0.3 is 0 Å². The van der Waals surface area contributed by atoms with E-state index in [1.54, 1.807) is 6.92 Å². The first kappa shape index (κ1) is 11.1. The number of carbonyl (C=O) groups excluding carboxylic acids is 1. The summed E-state index contributed by atoms with van der Waals surface area (Å²) in [7, 11) is 0. The highest BCUT2D eigenvalue weighted by Crippen LogP contribution is 2.33. The minimum absolute atomic E-state index is 0.0903. The molecule has 1 N–H and O–H groups in total. The van der Waals surface area contributed by atoms with Crippen molar-refractivity contribution in [1.29, 1.82) is 0 Å². The second kappa shape index (κ2) is 4.26. The molecule has 86 valence electrons. The van der Waals surface area contributed by atoms with Crippen LogP contribution in [-0.2, 0) is 11.2 Å². The molecule has 1 aliphatic rings. The highest BCUT2D eigenvalue weighted by Gasteiger charge is 2.25. The van der Waals surface area contributed by atoms with Gasteiger partial charge in [0.1, 0.15) is 0 Å². The van der Waals surface area contributed by atoms with E-state index in [1.165, 1.54) is 11.1 Å². The molecule has 2 rings (SSSR count). The van der Waals surface area contributed by atoms with Crippen LogP contribution in [0.4, 0.5) is 5.69 Å². The second-order valence-electron chi connectivity index (χ2n) is 4.35. The minimum atomic E-state index is 0.0903. The van der Waals surface area contributed by atoms with Crippen LogP contribution >= 0.6 is 0 Å². The molecule has 0 bridgehead atoms. The molecule has 0 spiro atoms. The van der Waals surface area contributed by atoms with Crippen molar-refractivity contribution in [2.24, 2.45) is 0 Å². The van der Waals surface area contributed by atoms with Crippen LogP contribution in [0.15, 0.2) is 18.2 Å². The third-order valence-electron chi connectivity index (χ3n) is 3.25. The third-order valence-corrected chi connectivity index (χ3v) is 3.25. The number of rotatable bonds is 2. The predicted molar refractivity (Wildman–Crippen MR) is 63.7 cm³/mol. The molecule has 1 unspecified atom stereocenters. The summed E-state index contributed by atoms with van der Waals surface area (Å²) in [5, 5.41) is 9.21. The van der Waals surface area contributed by atoms with E-state index < -0.39 is 0 Å². The average molecular weight is 219 g/mol. The molecule has 16 heavy (non-hydrogen) atoms. The van der Waals surface area contributed by atoms with E-state index in [1.807, 2.05) is 30.0 Å². The molecular weight excluding hydrogens is 202 g/mol. The maximum absolute atomic E-state index is 11.4. The maximum Gasteiger partial charge on any atom is 0.223 e. The number of nitrogens with zero attached hydrogens (tertiary/aromatic N) is 1. The summed E-state index contributed by atoms with van der Waals surface area (Å²) in [6, 6.07) is 5.99. The maximum atomic E-state index is 11.4. The Bertz CT molecular complexity index is 414. The summed E-state index contributed by atoms with van der Waals surface area (Å²) in [6.07, 6.45) is 0.898. The van der Waals surface area contributed by atoms with Crippen LogP contribution in [0.5, 0.6) is 0 Å². The zero-order valence-electron chi connectivity index (χ0n) is 9.73. The summed E-state index contributed by atoms with van der Waals surface area (Å²) in [5.41, 5.74) is 3.41. The molecule has 3 heteroatoms. The van der Waals surface area contributed by atoms with Crippen molar-refractivity contribution in [1.82, 2.24) is 0 Å². The van der Waals surface area contributed by atoms with Crippen LogP contribution in [0.3, 0.4) is 0 Å². The fraction of sp³-hybridized carbons (Fsp3) is 0.462. The lowest BCUT2D eigenvalue weighted by atomic mass is 9.95. The summed E-state index contributed by atoms with van der Waals surface area (Å²) in [6.45, 7) is 4.51. The van der Waals surface area contributed by atoms with Gasteiger partial charge in [0.25, 0.3) is 0 Å². The lowest BCUT2D eigenvalue weighted by Gasteiger charge is -2.17. The summed E-state index contributed by atoms with van der Waals surface area (Å²) in [4.78, 5) is 13.2. The van der Waals surface area contributed by atoms with Gasteiger partial charge < -0.3 is 10.0 Å². The summed E-state index contributed by atoms with van der Waals surface area (Å²) < 4.78 is 0. The number of fused-ring (bicyclic) bond motifs is 1. The highest BCUT2D eigenvalue weighted by atomic mass is 16.3. The highest BCUT2D eigenvalue weighted by molar-refractivity contribution is 5.94. The van der Waals surface area contributed by atoms with Gasteiger partial charge in [-0.25, -0.2) is 0 Å². The van der Waals surface area contributed by atoms with Crippen molar-refractivity contribution in [3.8, 4) is 0 Å². The van der Waals surface area contributed by atoms with E-state index in [2.05, 4.69) is 0 Å². The number of aliphatic hydroxyl groups excluding tert-OH is 1. The van der Waals surface area contributed by atoms with Gasteiger partial charge in [-0.2, -0.15) is 0 Å². The second-order valence-corrected chi connectivity index (χ2v) is 4.35. The van der Waals surface area contributed by atoms with E-state index >= 15 is 0 Å². The molecule has 0 radical (unpaired) electrons. The van der Waals surface area contributed by atoms with Crippen LogP contribution in [-0.4, -0.2) is 24.2 Å². The van der Waals surface area contributed by atoms with Gasteiger partial charge in [-0.1, -0.05) is 19.1 Å². The third kappa shape index (κ3) is 1.71. The van der Waals surface area contributed by atoms with Crippen molar-refractivity contribution in [3.05, 3.63) is 29.3 Å². The Kier molecular flexibility index (Phi) is 2.97. The number of benzene rings is 1. The zero-order valence-corrected chi connectivity index (χ0v) is 9.73. The van der Waals surface area contributed by atoms with Crippen molar-refractivity contribution < 1.29 is 9.90 Å². The molecule has 0 saturated heterocycles. The first-order chi connectivity index (χ1) is 7.65. The monoisotopic (exact) mass is 219 g/mol. The van der Waals surface area contributed by atoms with Gasteiger partial charge in [0.05, 0.1) is 0 Å². The van der Waals surface area contributed by atoms with Crippen molar-refractivity contribution >= 4 is 11.6 Å². The predicted octanol–water partition coefficient (Wildman–Crippen LogP) is 1.69. The Morgan fingerprint density at radius 2 is 2.31 bits per heavy atom. The van der Waals surface area contributed by atoms with Gasteiger partial charge in [0.2, 0.25) is 5.91 Å². The smallest absolute Gasteiger partial charge is 0.223 e. The lowest BCUT2D eigenvalue weighted by molar-refractivity contribution is -0.116. The van der Waals surface area contributed by atoms with E-state index in [0.717, 1.165) is 18.7 Å². The average Bonchev–Trinajstić information content (AvgIpc) is 2.71. The summed E-state index contributed by atoms with van der Waals surface area (Å²) in [5.74, 6) is 0.231. The molecule has 0 aromatic heterocycles. The quantitative estimate of drug-likeness (QED) is 0.822. The molecule has 0 saturated carbocycles. The molecular formula is C13H17NO2. The Morgan fingerprint density at radius 1 is 1.56 bits per heavy atom. The molecule has 1 aromatic carbocycles. The first-order valence-corrected chi connectivity index (χ1v) is 5.66. The first-order valence-electron chi connectivity index (χ1n) is 5.66. The van der Waals surface area contributed by atoms with Crippen molar-refractivity contribution in [3.63, 3.8) is 0 Å². The molecule has 1 amide bonds. The Morgan fingerprint density at radius 3 is 2.94 bits per heavy atom. The van der Waals surface area contributed by atoms with Crippen LogP contribution in [0.25, 0.3) is 0 Å². The van der Waals surface area contributed by atoms with E-state index in [9.17, 15) is 9.90 Å². The Hall–Kier alpha value is -1.35. The zero-order chi connectivity index (χ0) is 11.7. The van der Waals surface area contributed by atoms with Gasteiger partial charge in [-0.05, 0) is 23.6 Å². The molecule has 1 heterocycles. The fourth-order valence-electron chi connectivity index (χ4n) is 2.35. The van der Waals surface area contributed by atoms with Crippen molar-refractivity contribution in [2.75, 3.05) is 18.1 Å². The molecule has 3 nitrogen and oxygen atoms in total. The number of amides is 1. The number of anilines is 1. The van der Waals surface area contributed by atoms with Gasteiger partial charge in [0, 0.05) is 31.7 Å². The molecule has 0 aliphatic carbocycles. The number of carbonyl (C=O) groups is 1. The number of hydrogen-bond acceptors (Lipinski definition) is 2. The Balaban J connectivity index is 2.43. The topological polar surface area (TPSA) is 40.5 Å². The van der Waals surface area contributed by atoms with Crippen LogP contribution in [0.1, 0.15) is 30.9 Å². The molecule has 1 atom stereocenters. The largest absolute Gasteiger partial charge is 0.396 e. The summed E-state index contributed by atoms with van der Waals surface area (Å²) >= 11 is 0. The number of aliphatic hydroxyl groups is 1. The van der Waals surface area contributed by atoms with Gasteiger partial charge in [0.15, 0.2) is 0 Å². The van der Waals surface area contributed by atoms with Crippen LogP contribution in [0, 0.1) is 0 Å². The van der Waals surface area contributed by atoms with Gasteiger partial charge in [-0.15, -0.1) is 0 Å². The molecule has 1 aliphatic heterocycles. The molecule has 0 fully saturated rings. The number of hydrogen-bond donors (Lipinski definition) is 1. The van der Waals surface area contributed by atoms with Gasteiger partial charge in [-0.3, -0.25) is 4.79 Å². The van der Waals surface area contributed by atoms with Crippen LogP contribution < -0.4 is 4.90 Å². The van der Waals surface area contributed by atoms with E-state index in [0.29, 0.717) is 0 Å². The van der Waals surface area contributed by atoms with E-state index in [-0.39, 0.29) is 18.4 Å². The van der Waals surface area contributed by atoms with E-state index in [4.69, 9.17) is 0 Å². The fourth-order valence-corrected chi connectivity index (χ4v) is 2.35. The van der Waals surface area contributed by atoms with Crippen LogP contribution in [0.2, 0.25) is 0 Å². The molecule has 1 aromatic rings. The SMILES string of the molecule is CC(=O)N1CCc2c(C(C)CO)cccc21. The minimum Gasteiger partial charge on any atom is -0.396 e. The normalized spacial score (nSPS) is 16.1. The Labute approximate surface area is 95.7 Å².